The average molecular weight is 441 g/mol. The first-order valence-corrected chi connectivity index (χ1v) is 12.1. The summed E-state index contributed by atoms with van der Waals surface area (Å²) in [4.78, 5) is 15.8. The van der Waals surface area contributed by atoms with Crippen LogP contribution in [0.5, 0.6) is 5.75 Å². The number of fused-ring (bicyclic) bond motifs is 1. The van der Waals surface area contributed by atoms with Gasteiger partial charge in [0.2, 0.25) is 5.91 Å². The van der Waals surface area contributed by atoms with Gasteiger partial charge in [0.05, 0.1) is 6.61 Å². The van der Waals surface area contributed by atoms with Crippen LogP contribution in [0.1, 0.15) is 35.1 Å². The maximum atomic E-state index is 13.3. The number of nitrogens with zero attached hydrogens (tertiary/aromatic N) is 1. The van der Waals surface area contributed by atoms with Crippen LogP contribution in [0.25, 0.3) is 0 Å². The first-order valence-electron chi connectivity index (χ1n) is 12.1. The molecule has 4 nitrogen and oxygen atoms in total. The number of amides is 1. The highest BCUT2D eigenvalue weighted by Crippen LogP contribution is 2.43. The molecule has 33 heavy (non-hydrogen) atoms. The predicted molar refractivity (Wildman–Crippen MR) is 131 cm³/mol. The minimum atomic E-state index is -0.827. The Balaban J connectivity index is 1.41. The Morgan fingerprint density at radius 1 is 1.00 bits per heavy atom. The number of likely N-dealkylation sites (tertiary alicyclic amines) is 1. The van der Waals surface area contributed by atoms with Gasteiger partial charge in [-0.25, -0.2) is 0 Å². The van der Waals surface area contributed by atoms with Crippen molar-refractivity contribution in [1.29, 1.82) is 0 Å². The van der Waals surface area contributed by atoms with E-state index in [2.05, 4.69) is 47.4 Å². The van der Waals surface area contributed by atoms with E-state index in [1.165, 1.54) is 11.1 Å². The van der Waals surface area contributed by atoms with E-state index in [9.17, 15) is 4.79 Å². The van der Waals surface area contributed by atoms with Crippen molar-refractivity contribution in [2.75, 3.05) is 26.2 Å². The second-order valence-electron chi connectivity index (χ2n) is 9.33. The van der Waals surface area contributed by atoms with Gasteiger partial charge in [0.25, 0.3) is 0 Å². The number of hydrogen-bond acceptors (Lipinski definition) is 3. The van der Waals surface area contributed by atoms with Crippen molar-refractivity contribution in [1.82, 2.24) is 4.90 Å². The largest absolute Gasteiger partial charge is 0.493 e. The van der Waals surface area contributed by atoms with Crippen molar-refractivity contribution in [3.05, 3.63) is 101 Å². The Morgan fingerprint density at radius 3 is 2.36 bits per heavy atom. The number of hydrogen-bond donors (Lipinski definition) is 1. The smallest absolute Gasteiger partial charge is 0.232 e. The number of primary amides is 1. The molecule has 2 heterocycles. The maximum Gasteiger partial charge on any atom is 0.232 e. The second kappa shape index (κ2) is 9.40. The molecule has 0 radical (unpaired) electrons. The van der Waals surface area contributed by atoms with Gasteiger partial charge in [-0.1, -0.05) is 72.8 Å². The molecule has 170 valence electrons. The van der Waals surface area contributed by atoms with Gasteiger partial charge in [-0.15, -0.1) is 0 Å². The summed E-state index contributed by atoms with van der Waals surface area (Å²) in [7, 11) is 0. The zero-order valence-corrected chi connectivity index (χ0v) is 19.1. The van der Waals surface area contributed by atoms with E-state index in [0.29, 0.717) is 0 Å². The molecule has 1 unspecified atom stereocenters. The van der Waals surface area contributed by atoms with E-state index >= 15 is 0 Å². The topological polar surface area (TPSA) is 55.6 Å². The van der Waals surface area contributed by atoms with Crippen LogP contribution < -0.4 is 10.5 Å². The summed E-state index contributed by atoms with van der Waals surface area (Å²) < 4.78 is 5.65. The molecule has 3 aromatic carbocycles. The van der Waals surface area contributed by atoms with Gasteiger partial charge in [-0.05, 0) is 60.0 Å². The van der Waals surface area contributed by atoms with E-state index < -0.39 is 5.41 Å². The number of rotatable bonds is 7. The van der Waals surface area contributed by atoms with E-state index in [1.54, 1.807) is 0 Å². The highest BCUT2D eigenvalue weighted by atomic mass is 16.5. The number of piperidine rings is 1. The van der Waals surface area contributed by atoms with Crippen molar-refractivity contribution in [3.63, 3.8) is 0 Å². The van der Waals surface area contributed by atoms with Gasteiger partial charge in [0, 0.05) is 19.5 Å². The lowest BCUT2D eigenvalue weighted by Crippen LogP contribution is -2.53. The quantitative estimate of drug-likeness (QED) is 0.594. The lowest BCUT2D eigenvalue weighted by atomic mass is 9.63. The molecule has 2 aliphatic heterocycles. The van der Waals surface area contributed by atoms with Crippen LogP contribution in [-0.4, -0.2) is 37.0 Å². The van der Waals surface area contributed by atoms with Crippen molar-refractivity contribution < 1.29 is 9.53 Å². The van der Waals surface area contributed by atoms with Gasteiger partial charge >= 0.3 is 0 Å². The molecule has 2 N–H and O–H groups in total. The molecule has 1 atom stereocenters. The fourth-order valence-electron chi connectivity index (χ4n) is 5.82. The Labute approximate surface area is 196 Å². The Kier molecular flexibility index (Phi) is 6.19. The standard InChI is InChI=1S/C29H32N2O2/c30-28(32)29(24-8-3-1-4-9-24,25-10-5-2-6-11-25)26-12-7-17-31(21-26)18-15-22-13-14-27-23(20-22)16-19-33-27/h1-6,8-11,13-14,20,26H,7,12,15-19,21H2,(H2,30,32). The number of carbonyl (C=O) groups is 1. The predicted octanol–water partition coefficient (Wildman–Crippen LogP) is 4.35. The van der Waals surface area contributed by atoms with Gasteiger partial charge in [-0.3, -0.25) is 4.79 Å². The number of benzene rings is 3. The van der Waals surface area contributed by atoms with Crippen LogP contribution in [0.2, 0.25) is 0 Å². The summed E-state index contributed by atoms with van der Waals surface area (Å²) in [5, 5.41) is 0. The molecule has 0 bridgehead atoms. The minimum Gasteiger partial charge on any atom is -0.493 e. The molecular weight excluding hydrogens is 408 g/mol. The molecule has 0 spiro atoms. The Bertz CT molecular complexity index is 1060. The number of nitrogens with two attached hydrogens (primary N) is 1. The lowest BCUT2D eigenvalue weighted by Gasteiger charge is -2.44. The number of ether oxygens (including phenoxy) is 1. The zero-order chi connectivity index (χ0) is 22.7. The summed E-state index contributed by atoms with van der Waals surface area (Å²) in [5.74, 6) is 0.904. The van der Waals surface area contributed by atoms with Crippen molar-refractivity contribution in [2.24, 2.45) is 11.7 Å². The fourth-order valence-corrected chi connectivity index (χ4v) is 5.82. The third-order valence-electron chi connectivity index (χ3n) is 7.44. The molecule has 1 saturated heterocycles. The monoisotopic (exact) mass is 440 g/mol. The zero-order valence-electron chi connectivity index (χ0n) is 19.1. The molecule has 1 amide bonds. The molecule has 0 aromatic heterocycles. The molecular formula is C29H32N2O2. The molecule has 0 saturated carbocycles. The lowest BCUT2D eigenvalue weighted by molar-refractivity contribution is -0.124. The molecule has 5 rings (SSSR count). The third-order valence-corrected chi connectivity index (χ3v) is 7.44. The van der Waals surface area contributed by atoms with Crippen LogP contribution in [0.3, 0.4) is 0 Å². The maximum absolute atomic E-state index is 13.3. The minimum absolute atomic E-state index is 0.127. The van der Waals surface area contributed by atoms with Crippen LogP contribution >= 0.6 is 0 Å². The fraction of sp³-hybridized carbons (Fsp3) is 0.345. The van der Waals surface area contributed by atoms with Gasteiger partial charge in [0.15, 0.2) is 0 Å². The molecule has 0 aliphatic carbocycles. The van der Waals surface area contributed by atoms with Crippen molar-refractivity contribution in [3.8, 4) is 5.75 Å². The third kappa shape index (κ3) is 4.16. The Morgan fingerprint density at radius 2 is 1.70 bits per heavy atom. The van der Waals surface area contributed by atoms with Crippen LogP contribution in [-0.2, 0) is 23.1 Å². The first-order chi connectivity index (χ1) is 16.2. The van der Waals surface area contributed by atoms with Gasteiger partial charge in [-0.2, -0.15) is 0 Å². The highest BCUT2D eigenvalue weighted by molar-refractivity contribution is 5.91. The number of carbonyl (C=O) groups excluding carboxylic acids is 1. The summed E-state index contributed by atoms with van der Waals surface area (Å²) in [6, 6.07) is 26.9. The SMILES string of the molecule is NC(=O)C(c1ccccc1)(c1ccccc1)C1CCCN(CCc2ccc3c(c2)CCO3)C1. The highest BCUT2D eigenvalue weighted by Gasteiger charge is 2.48. The van der Waals surface area contributed by atoms with E-state index in [-0.39, 0.29) is 11.8 Å². The van der Waals surface area contributed by atoms with Crippen LogP contribution in [0.15, 0.2) is 78.9 Å². The van der Waals surface area contributed by atoms with E-state index in [1.807, 2.05) is 36.4 Å². The second-order valence-corrected chi connectivity index (χ2v) is 9.33. The van der Waals surface area contributed by atoms with Crippen molar-refractivity contribution in [2.45, 2.75) is 31.1 Å². The summed E-state index contributed by atoms with van der Waals surface area (Å²) >= 11 is 0. The van der Waals surface area contributed by atoms with Crippen LogP contribution in [0, 0.1) is 5.92 Å². The molecule has 1 fully saturated rings. The summed E-state index contributed by atoms with van der Waals surface area (Å²) in [6.07, 6.45) is 4.06. The van der Waals surface area contributed by atoms with Gasteiger partial charge < -0.3 is 15.4 Å². The molecule has 4 heteroatoms. The van der Waals surface area contributed by atoms with Crippen LogP contribution in [0.4, 0.5) is 0 Å². The molecule has 2 aliphatic rings. The normalized spacial score (nSPS) is 18.5. The Hall–Kier alpha value is -3.11. The van der Waals surface area contributed by atoms with Gasteiger partial charge in [0.1, 0.15) is 11.2 Å². The first kappa shape index (κ1) is 21.7. The van der Waals surface area contributed by atoms with E-state index in [4.69, 9.17) is 10.5 Å². The van der Waals surface area contributed by atoms with E-state index in [0.717, 1.165) is 68.8 Å². The summed E-state index contributed by atoms with van der Waals surface area (Å²) in [5.41, 5.74) is 10.1. The van der Waals surface area contributed by atoms with Crippen molar-refractivity contribution >= 4 is 5.91 Å². The molecule has 3 aromatic rings. The summed E-state index contributed by atoms with van der Waals surface area (Å²) in [6.45, 7) is 3.69. The average Bonchev–Trinajstić information content (AvgIpc) is 3.33.